The van der Waals surface area contributed by atoms with Crippen LogP contribution in [-0.2, 0) is 10.0 Å². The third-order valence-electron chi connectivity index (χ3n) is 1.98. The van der Waals surface area contributed by atoms with Crippen molar-refractivity contribution in [3.05, 3.63) is 29.8 Å². The summed E-state index contributed by atoms with van der Waals surface area (Å²) >= 11 is 0. The molecule has 1 amide bonds. The lowest BCUT2D eigenvalue weighted by Gasteiger charge is -2.05. The topological polar surface area (TPSA) is 88.2 Å². The van der Waals surface area contributed by atoms with Crippen LogP contribution in [0.1, 0.15) is 10.4 Å². The Kier molecular flexibility index (Phi) is 4.53. The number of carbonyl (C=O) groups excluding carboxylic acids is 1. The molecule has 0 unspecified atom stereocenters. The van der Waals surface area contributed by atoms with Crippen LogP contribution in [0.5, 0.6) is 0 Å². The van der Waals surface area contributed by atoms with Gasteiger partial charge in [-0.2, -0.15) is 0 Å². The Balaban J connectivity index is 2.55. The molecule has 94 valence electrons. The maximum atomic E-state index is 13.1. The zero-order valence-electron chi connectivity index (χ0n) is 9.10. The van der Waals surface area contributed by atoms with Crippen molar-refractivity contribution in [2.75, 3.05) is 19.3 Å². The van der Waals surface area contributed by atoms with Gasteiger partial charge in [0, 0.05) is 12.7 Å². The van der Waals surface area contributed by atoms with Gasteiger partial charge in [-0.15, -0.1) is 0 Å². The molecule has 0 aliphatic rings. The molecule has 17 heavy (non-hydrogen) atoms. The van der Waals surface area contributed by atoms with Gasteiger partial charge < -0.3 is 5.32 Å². The van der Waals surface area contributed by atoms with E-state index in [4.69, 9.17) is 0 Å². The van der Waals surface area contributed by atoms with E-state index in [0.29, 0.717) is 0 Å². The molecular formula is C9H12FN3O3S. The predicted octanol–water partition coefficient (Wildman–Crippen LogP) is -0.500. The van der Waals surface area contributed by atoms with Crippen molar-refractivity contribution in [3.8, 4) is 0 Å². The van der Waals surface area contributed by atoms with Gasteiger partial charge in [-0.05, 0) is 13.1 Å². The minimum Gasteiger partial charge on any atom is -0.351 e. The van der Waals surface area contributed by atoms with Crippen molar-refractivity contribution in [1.82, 2.24) is 15.0 Å². The number of sulfonamides is 1. The predicted molar refractivity (Wildman–Crippen MR) is 59.4 cm³/mol. The van der Waals surface area contributed by atoms with Crippen molar-refractivity contribution < 1.29 is 17.6 Å². The molecule has 2 N–H and O–H groups in total. The largest absolute Gasteiger partial charge is 0.351 e. The van der Waals surface area contributed by atoms with Gasteiger partial charge in [0.25, 0.3) is 5.91 Å². The summed E-state index contributed by atoms with van der Waals surface area (Å²) in [4.78, 5) is 14.9. The Labute approximate surface area is 98.3 Å². The molecule has 0 saturated heterocycles. The average Bonchev–Trinajstić information content (AvgIpc) is 2.29. The van der Waals surface area contributed by atoms with Crippen molar-refractivity contribution in [2.45, 2.75) is 0 Å². The highest BCUT2D eigenvalue weighted by atomic mass is 32.2. The second-order valence-electron chi connectivity index (χ2n) is 3.13. The maximum absolute atomic E-state index is 13.1. The standard InChI is InChI=1S/C9H12FN3O3S/c1-11-17(15,16)5-4-13-9(14)7-2-3-12-6-8(7)10/h2-3,6,11H,4-5H2,1H3,(H,13,14). The Hall–Kier alpha value is -1.54. The molecule has 8 heteroatoms. The number of aromatic nitrogens is 1. The molecule has 0 atom stereocenters. The fraction of sp³-hybridized carbons (Fsp3) is 0.333. The molecule has 0 aliphatic carbocycles. The Morgan fingerprint density at radius 1 is 1.53 bits per heavy atom. The van der Waals surface area contributed by atoms with E-state index in [1.54, 1.807) is 0 Å². The van der Waals surface area contributed by atoms with Gasteiger partial charge in [-0.1, -0.05) is 0 Å². The number of rotatable bonds is 5. The molecule has 1 aromatic rings. The van der Waals surface area contributed by atoms with Crippen LogP contribution in [0.2, 0.25) is 0 Å². The van der Waals surface area contributed by atoms with Crippen LogP contribution in [0.15, 0.2) is 18.5 Å². The van der Waals surface area contributed by atoms with E-state index in [1.807, 2.05) is 0 Å². The summed E-state index contributed by atoms with van der Waals surface area (Å²) in [5.74, 6) is -1.68. The van der Waals surface area contributed by atoms with Gasteiger partial charge in [-0.25, -0.2) is 17.5 Å². The number of nitrogens with zero attached hydrogens (tertiary/aromatic N) is 1. The quantitative estimate of drug-likeness (QED) is 0.748. The first kappa shape index (κ1) is 13.5. The summed E-state index contributed by atoms with van der Waals surface area (Å²) in [5, 5.41) is 2.30. The smallest absolute Gasteiger partial charge is 0.254 e. The molecular weight excluding hydrogens is 249 g/mol. The first-order valence-corrected chi connectivity index (χ1v) is 6.40. The fourth-order valence-electron chi connectivity index (χ4n) is 1.06. The lowest BCUT2D eigenvalue weighted by atomic mass is 10.2. The van der Waals surface area contributed by atoms with E-state index in [1.165, 1.54) is 19.3 Å². The van der Waals surface area contributed by atoms with Gasteiger partial charge in [0.05, 0.1) is 17.5 Å². The number of hydrogen-bond acceptors (Lipinski definition) is 4. The van der Waals surface area contributed by atoms with Crippen LogP contribution in [0.25, 0.3) is 0 Å². The van der Waals surface area contributed by atoms with Gasteiger partial charge in [0.1, 0.15) is 0 Å². The SMILES string of the molecule is CNS(=O)(=O)CCNC(=O)c1ccncc1F. The number of halogens is 1. The van der Waals surface area contributed by atoms with E-state index >= 15 is 0 Å². The molecule has 1 heterocycles. The van der Waals surface area contributed by atoms with Crippen molar-refractivity contribution >= 4 is 15.9 Å². The maximum Gasteiger partial charge on any atom is 0.254 e. The molecule has 0 fully saturated rings. The third-order valence-corrected chi connectivity index (χ3v) is 3.35. The fourth-order valence-corrected chi connectivity index (χ4v) is 1.63. The van der Waals surface area contributed by atoms with E-state index in [9.17, 15) is 17.6 Å². The molecule has 6 nitrogen and oxygen atoms in total. The van der Waals surface area contributed by atoms with Crippen molar-refractivity contribution in [1.29, 1.82) is 0 Å². The molecule has 0 spiro atoms. The van der Waals surface area contributed by atoms with Gasteiger partial charge in [0.15, 0.2) is 5.82 Å². The summed E-state index contributed by atoms with van der Waals surface area (Å²) in [6, 6.07) is 1.22. The van der Waals surface area contributed by atoms with Gasteiger partial charge >= 0.3 is 0 Å². The zero-order valence-corrected chi connectivity index (χ0v) is 9.92. The van der Waals surface area contributed by atoms with Crippen LogP contribution < -0.4 is 10.0 Å². The van der Waals surface area contributed by atoms with Crippen LogP contribution in [0.3, 0.4) is 0 Å². The highest BCUT2D eigenvalue weighted by Gasteiger charge is 2.12. The highest BCUT2D eigenvalue weighted by molar-refractivity contribution is 7.89. The molecule has 0 radical (unpaired) electrons. The number of amides is 1. The van der Waals surface area contributed by atoms with E-state index in [-0.39, 0.29) is 17.9 Å². The molecule has 0 aliphatic heterocycles. The highest BCUT2D eigenvalue weighted by Crippen LogP contribution is 2.03. The number of hydrogen-bond donors (Lipinski definition) is 2. The monoisotopic (exact) mass is 261 g/mol. The van der Waals surface area contributed by atoms with Gasteiger partial charge in [0.2, 0.25) is 10.0 Å². The van der Waals surface area contributed by atoms with E-state index < -0.39 is 21.7 Å². The molecule has 1 aromatic heterocycles. The molecule has 1 rings (SSSR count). The second kappa shape index (κ2) is 5.69. The minimum atomic E-state index is -3.38. The van der Waals surface area contributed by atoms with Crippen LogP contribution in [0.4, 0.5) is 4.39 Å². The van der Waals surface area contributed by atoms with Crippen LogP contribution in [-0.4, -0.2) is 38.7 Å². The Morgan fingerprint density at radius 2 is 2.24 bits per heavy atom. The number of nitrogens with one attached hydrogen (secondary N) is 2. The first-order chi connectivity index (χ1) is 7.96. The molecule has 0 saturated carbocycles. The van der Waals surface area contributed by atoms with E-state index in [2.05, 4.69) is 15.0 Å². The van der Waals surface area contributed by atoms with E-state index in [0.717, 1.165) is 6.20 Å². The second-order valence-corrected chi connectivity index (χ2v) is 5.18. The summed E-state index contributed by atoms with van der Waals surface area (Å²) < 4.78 is 37.3. The lowest BCUT2D eigenvalue weighted by Crippen LogP contribution is -2.33. The Morgan fingerprint density at radius 3 is 2.82 bits per heavy atom. The number of carbonyl (C=O) groups is 1. The third kappa shape index (κ3) is 4.08. The Bertz CT molecular complexity index is 504. The minimum absolute atomic E-state index is 0.0935. The van der Waals surface area contributed by atoms with Crippen molar-refractivity contribution in [2.24, 2.45) is 0 Å². The van der Waals surface area contributed by atoms with Gasteiger partial charge in [-0.3, -0.25) is 9.78 Å². The van der Waals surface area contributed by atoms with Crippen molar-refractivity contribution in [3.63, 3.8) is 0 Å². The van der Waals surface area contributed by atoms with Crippen LogP contribution in [0, 0.1) is 5.82 Å². The average molecular weight is 261 g/mol. The van der Waals surface area contributed by atoms with Crippen LogP contribution >= 0.6 is 0 Å². The summed E-state index contributed by atoms with van der Waals surface area (Å²) in [5.41, 5.74) is -0.165. The lowest BCUT2D eigenvalue weighted by molar-refractivity contribution is 0.0952. The first-order valence-electron chi connectivity index (χ1n) is 4.75. The summed E-state index contributed by atoms with van der Waals surface area (Å²) in [6.45, 7) is -0.0935. The summed E-state index contributed by atoms with van der Waals surface area (Å²) in [7, 11) is -2.10. The molecule has 0 bridgehead atoms. The number of pyridine rings is 1. The summed E-state index contributed by atoms with van der Waals surface area (Å²) in [6.07, 6.45) is 2.20. The zero-order chi connectivity index (χ0) is 12.9. The molecule has 0 aromatic carbocycles. The normalized spacial score (nSPS) is 11.2.